The van der Waals surface area contributed by atoms with Gasteiger partial charge in [-0.1, -0.05) is 6.07 Å². The molecule has 2 fully saturated rings. The van der Waals surface area contributed by atoms with Crippen molar-refractivity contribution in [2.24, 2.45) is 17.7 Å². The van der Waals surface area contributed by atoms with E-state index in [9.17, 15) is 0 Å². The van der Waals surface area contributed by atoms with Crippen LogP contribution in [0.3, 0.4) is 0 Å². The molecular weight excluding hydrogens is 246 g/mol. The van der Waals surface area contributed by atoms with Crippen LogP contribution in [0.15, 0.2) is 24.4 Å². The van der Waals surface area contributed by atoms with Gasteiger partial charge in [-0.05, 0) is 24.4 Å². The van der Waals surface area contributed by atoms with Gasteiger partial charge in [0.2, 0.25) is 0 Å². The molecule has 3 N–H and O–H groups in total. The fourth-order valence-electron chi connectivity index (χ4n) is 2.98. The van der Waals surface area contributed by atoms with Crippen LogP contribution in [0, 0.1) is 11.8 Å². The van der Waals surface area contributed by atoms with E-state index in [0.29, 0.717) is 16.9 Å². The molecule has 0 unspecified atom stereocenters. The maximum absolute atomic E-state index is 5.37. The summed E-state index contributed by atoms with van der Waals surface area (Å²) in [6, 6.07) is 6.06. The van der Waals surface area contributed by atoms with Crippen LogP contribution in [0.4, 0.5) is 5.82 Å². The number of hydrazine groups is 1. The smallest absolute Gasteiger partial charge is 0.183 e. The molecule has 6 heteroatoms. The van der Waals surface area contributed by atoms with E-state index in [-0.39, 0.29) is 0 Å². The molecule has 3 rings (SSSR count). The minimum absolute atomic E-state index is 0.661. The number of fused-ring (bicyclic) bond motifs is 1. The van der Waals surface area contributed by atoms with Crippen LogP contribution in [-0.4, -0.2) is 41.2 Å². The summed E-state index contributed by atoms with van der Waals surface area (Å²) in [5, 5.41) is 0.661. The predicted molar refractivity (Wildman–Crippen MR) is 74.9 cm³/mol. The van der Waals surface area contributed by atoms with E-state index in [1.54, 1.807) is 0 Å². The summed E-state index contributed by atoms with van der Waals surface area (Å²) in [6.45, 7) is 4.12. The average Bonchev–Trinajstić information content (AvgIpc) is 2.97. The predicted octanol–water partition coefficient (Wildman–Crippen LogP) is 0.198. The first kappa shape index (κ1) is 11.7. The maximum atomic E-state index is 5.37. The quantitative estimate of drug-likeness (QED) is 0.429. The Hall–Kier alpha value is -1.40. The average molecular weight is 263 g/mol. The Morgan fingerprint density at radius 3 is 2.56 bits per heavy atom. The molecule has 5 nitrogen and oxygen atoms in total. The molecule has 2 aliphatic heterocycles. The number of nitrogens with zero attached hydrogens (tertiary/aromatic N) is 3. The first-order valence-electron chi connectivity index (χ1n) is 6.19. The highest BCUT2D eigenvalue weighted by Crippen LogP contribution is 2.32. The zero-order chi connectivity index (χ0) is 12.5. The topological polar surface area (TPSA) is 57.4 Å². The Labute approximate surface area is 112 Å². The second-order valence-corrected chi connectivity index (χ2v) is 5.35. The van der Waals surface area contributed by atoms with Gasteiger partial charge < -0.3 is 15.2 Å². The lowest BCUT2D eigenvalue weighted by Gasteiger charge is -2.23. The van der Waals surface area contributed by atoms with E-state index in [1.165, 1.54) is 0 Å². The molecule has 96 valence electrons. The van der Waals surface area contributed by atoms with Gasteiger partial charge in [0.25, 0.3) is 0 Å². The Bertz CT molecular complexity index is 423. The third-order valence-electron chi connectivity index (χ3n) is 3.87. The summed E-state index contributed by atoms with van der Waals surface area (Å²) in [5.41, 5.74) is 2.57. The van der Waals surface area contributed by atoms with Crippen LogP contribution in [0.2, 0.25) is 0 Å². The van der Waals surface area contributed by atoms with Gasteiger partial charge in [-0.25, -0.2) is 10.8 Å². The zero-order valence-corrected chi connectivity index (χ0v) is 10.9. The third-order valence-corrected chi connectivity index (χ3v) is 4.25. The van der Waals surface area contributed by atoms with Gasteiger partial charge in [-0.3, -0.25) is 0 Å². The normalized spacial score (nSPS) is 26.3. The van der Waals surface area contributed by atoms with Gasteiger partial charge in [0.15, 0.2) is 5.11 Å². The molecule has 18 heavy (non-hydrogen) atoms. The van der Waals surface area contributed by atoms with Crippen LogP contribution >= 0.6 is 12.2 Å². The Balaban J connectivity index is 1.65. The number of aromatic nitrogens is 1. The van der Waals surface area contributed by atoms with E-state index in [4.69, 9.17) is 18.1 Å². The number of likely N-dealkylation sites (tertiary alicyclic amines) is 1. The van der Waals surface area contributed by atoms with Crippen molar-refractivity contribution in [3.8, 4) is 0 Å². The van der Waals surface area contributed by atoms with E-state index < -0.39 is 0 Å². The van der Waals surface area contributed by atoms with Gasteiger partial charge in [0.05, 0.1) is 0 Å². The summed E-state index contributed by atoms with van der Waals surface area (Å²) >= 11 is 5.18. The summed E-state index contributed by atoms with van der Waals surface area (Å²) in [4.78, 5) is 8.95. The van der Waals surface area contributed by atoms with Crippen molar-refractivity contribution < 1.29 is 0 Å². The summed E-state index contributed by atoms with van der Waals surface area (Å²) in [5.74, 6) is 7.78. The molecule has 0 radical (unpaired) electrons. The standard InChI is InChI=1S/C12H17N5S/c13-15-12(18)17-7-9-5-16(6-10(9)8-17)11-3-1-2-4-14-11/h1-4,9-10H,5-8,13H2,(H,15,18)/t9-,10+. The second kappa shape index (κ2) is 4.70. The van der Waals surface area contributed by atoms with Crippen molar-refractivity contribution in [1.82, 2.24) is 15.3 Å². The fourth-order valence-corrected chi connectivity index (χ4v) is 3.13. The number of rotatable bonds is 1. The lowest BCUT2D eigenvalue weighted by atomic mass is 10.0. The largest absolute Gasteiger partial charge is 0.356 e. The monoisotopic (exact) mass is 263 g/mol. The van der Waals surface area contributed by atoms with Crippen molar-refractivity contribution in [1.29, 1.82) is 0 Å². The van der Waals surface area contributed by atoms with Crippen molar-refractivity contribution in [2.75, 3.05) is 31.1 Å². The molecule has 0 aromatic carbocycles. The molecule has 0 bridgehead atoms. The molecule has 0 saturated carbocycles. The first-order chi connectivity index (χ1) is 8.78. The summed E-state index contributed by atoms with van der Waals surface area (Å²) in [7, 11) is 0. The number of anilines is 1. The van der Waals surface area contributed by atoms with Gasteiger partial charge in [-0.15, -0.1) is 0 Å². The zero-order valence-electron chi connectivity index (χ0n) is 10.1. The molecule has 0 aliphatic carbocycles. The van der Waals surface area contributed by atoms with Gasteiger partial charge >= 0.3 is 0 Å². The van der Waals surface area contributed by atoms with Crippen molar-refractivity contribution in [3.05, 3.63) is 24.4 Å². The Morgan fingerprint density at radius 1 is 1.28 bits per heavy atom. The third kappa shape index (κ3) is 2.02. The van der Waals surface area contributed by atoms with E-state index in [2.05, 4.69) is 26.3 Å². The fraction of sp³-hybridized carbons (Fsp3) is 0.500. The van der Waals surface area contributed by atoms with Crippen LogP contribution < -0.4 is 16.2 Å². The highest BCUT2D eigenvalue weighted by atomic mass is 32.1. The summed E-state index contributed by atoms with van der Waals surface area (Å²) < 4.78 is 0. The van der Waals surface area contributed by atoms with Gasteiger partial charge in [0.1, 0.15) is 5.82 Å². The number of pyridine rings is 1. The Morgan fingerprint density at radius 2 is 2.00 bits per heavy atom. The molecule has 0 amide bonds. The number of nitrogens with one attached hydrogen (secondary N) is 1. The SMILES string of the molecule is NNC(=S)N1C[C@@H]2CN(c3ccccn3)C[C@@H]2C1. The van der Waals surface area contributed by atoms with Gasteiger partial charge in [-0.2, -0.15) is 0 Å². The Kier molecular flexibility index (Phi) is 3.05. The molecule has 1 aromatic heterocycles. The molecule has 1 aromatic rings. The summed E-state index contributed by atoms with van der Waals surface area (Å²) in [6.07, 6.45) is 1.85. The molecule has 3 heterocycles. The van der Waals surface area contributed by atoms with E-state index >= 15 is 0 Å². The molecular formula is C12H17N5S. The van der Waals surface area contributed by atoms with Crippen LogP contribution in [0.5, 0.6) is 0 Å². The van der Waals surface area contributed by atoms with Gasteiger partial charge in [0, 0.05) is 44.2 Å². The minimum atomic E-state index is 0.661. The number of thiocarbonyl (C=S) groups is 1. The lowest BCUT2D eigenvalue weighted by Crippen LogP contribution is -2.43. The maximum Gasteiger partial charge on any atom is 0.183 e. The van der Waals surface area contributed by atoms with Crippen molar-refractivity contribution in [2.45, 2.75) is 0 Å². The first-order valence-corrected chi connectivity index (χ1v) is 6.60. The molecule has 0 spiro atoms. The van der Waals surface area contributed by atoms with Crippen LogP contribution in [-0.2, 0) is 0 Å². The van der Waals surface area contributed by atoms with E-state index in [1.807, 2.05) is 18.3 Å². The van der Waals surface area contributed by atoms with Crippen molar-refractivity contribution >= 4 is 23.1 Å². The highest BCUT2D eigenvalue weighted by Gasteiger charge is 2.40. The number of hydrogen-bond acceptors (Lipinski definition) is 4. The van der Waals surface area contributed by atoms with Crippen LogP contribution in [0.1, 0.15) is 0 Å². The van der Waals surface area contributed by atoms with Crippen LogP contribution in [0.25, 0.3) is 0 Å². The van der Waals surface area contributed by atoms with E-state index in [0.717, 1.165) is 32.0 Å². The number of hydrogen-bond donors (Lipinski definition) is 2. The molecule has 2 atom stereocenters. The molecule has 2 saturated heterocycles. The number of nitrogens with two attached hydrogens (primary N) is 1. The highest BCUT2D eigenvalue weighted by molar-refractivity contribution is 7.80. The lowest BCUT2D eigenvalue weighted by molar-refractivity contribution is 0.468. The van der Waals surface area contributed by atoms with Crippen molar-refractivity contribution in [3.63, 3.8) is 0 Å². The molecule has 2 aliphatic rings. The second-order valence-electron chi connectivity index (χ2n) is 4.97. The minimum Gasteiger partial charge on any atom is -0.356 e.